The number of phenols is 1. The fraction of sp³-hybridized carbons (Fsp3) is 0.750. The molecule has 4 aliphatic rings. The summed E-state index contributed by atoms with van der Waals surface area (Å²) in [5.41, 5.74) is 3.37. The molecule has 1 N–H and O–H groups in total. The van der Waals surface area contributed by atoms with Crippen molar-refractivity contribution >= 4 is 0 Å². The maximum atomic E-state index is 10.2. The average Bonchev–Trinajstić information content (AvgIpc) is 3.33. The minimum Gasteiger partial charge on any atom is -0.508 e. The van der Waals surface area contributed by atoms with Crippen LogP contribution in [0.25, 0.3) is 0 Å². The van der Waals surface area contributed by atoms with Gasteiger partial charge in [-0.1, -0.05) is 32.9 Å². The summed E-state index contributed by atoms with van der Waals surface area (Å²) in [4.78, 5) is 0. The maximum Gasteiger partial charge on any atom is 0.119 e. The van der Waals surface area contributed by atoms with Crippen molar-refractivity contribution in [3.63, 3.8) is 0 Å². The topological polar surface area (TPSA) is 20.2 Å². The highest BCUT2D eigenvalue weighted by molar-refractivity contribution is 5.40. The number of benzene rings is 1. The predicted octanol–water partition coefficient (Wildman–Crippen LogP) is 6.47. The highest BCUT2D eigenvalue weighted by Gasteiger charge is 2.60. The Morgan fingerprint density at radius 2 is 1.92 bits per heavy atom. The number of hydrogen-bond acceptors (Lipinski definition) is 1. The van der Waals surface area contributed by atoms with Crippen LogP contribution in [0.15, 0.2) is 18.2 Å². The Morgan fingerprint density at radius 3 is 2.52 bits per heavy atom. The fourth-order valence-corrected chi connectivity index (χ4v) is 7.95. The summed E-state index contributed by atoms with van der Waals surface area (Å²) in [5.74, 6) is 6.59. The summed E-state index contributed by atoms with van der Waals surface area (Å²) in [5, 5.41) is 10.2. The van der Waals surface area contributed by atoms with Crippen molar-refractivity contribution in [2.45, 2.75) is 77.6 Å². The van der Waals surface area contributed by atoms with E-state index in [1.54, 1.807) is 6.42 Å². The minimum atomic E-state index is 0.403. The molecule has 1 aromatic rings. The Kier molecular flexibility index (Phi) is 3.57. The van der Waals surface area contributed by atoms with Crippen molar-refractivity contribution in [1.82, 2.24) is 0 Å². The fourth-order valence-electron chi connectivity index (χ4n) is 7.95. The zero-order valence-corrected chi connectivity index (χ0v) is 16.2. The molecule has 25 heavy (non-hydrogen) atoms. The van der Waals surface area contributed by atoms with Crippen LogP contribution in [0.2, 0.25) is 0 Å². The van der Waals surface area contributed by atoms with Gasteiger partial charge in [-0.2, -0.15) is 0 Å². The van der Waals surface area contributed by atoms with Crippen molar-refractivity contribution in [2.75, 3.05) is 0 Å². The van der Waals surface area contributed by atoms with Gasteiger partial charge in [-0.15, -0.1) is 0 Å². The van der Waals surface area contributed by atoms with Gasteiger partial charge < -0.3 is 5.11 Å². The van der Waals surface area contributed by atoms with Gasteiger partial charge >= 0.3 is 0 Å². The third-order valence-electron chi connectivity index (χ3n) is 9.05. The van der Waals surface area contributed by atoms with Crippen molar-refractivity contribution in [2.24, 2.45) is 35.0 Å². The van der Waals surface area contributed by atoms with E-state index in [0.29, 0.717) is 11.7 Å². The smallest absolute Gasteiger partial charge is 0.119 e. The molecule has 0 radical (unpaired) electrons. The molecule has 0 amide bonds. The first-order chi connectivity index (χ1) is 12.0. The molecule has 4 bridgehead atoms. The van der Waals surface area contributed by atoms with E-state index in [0.717, 1.165) is 46.5 Å². The van der Waals surface area contributed by atoms with E-state index in [-0.39, 0.29) is 0 Å². The number of rotatable bonds is 3. The molecule has 1 nitrogen and oxygen atoms in total. The third-order valence-corrected chi connectivity index (χ3v) is 9.05. The molecule has 1 heteroatoms. The normalized spacial score (nSPS) is 45.0. The predicted molar refractivity (Wildman–Crippen MR) is 103 cm³/mol. The van der Waals surface area contributed by atoms with Crippen molar-refractivity contribution in [3.05, 3.63) is 29.3 Å². The average molecular weight is 339 g/mol. The molecule has 7 atom stereocenters. The molecular formula is C24H34O. The first kappa shape index (κ1) is 16.2. The van der Waals surface area contributed by atoms with Gasteiger partial charge in [0.25, 0.3) is 0 Å². The van der Waals surface area contributed by atoms with Gasteiger partial charge in [0, 0.05) is 0 Å². The van der Waals surface area contributed by atoms with Crippen molar-refractivity contribution in [1.29, 1.82) is 0 Å². The Balaban J connectivity index is 1.38. The van der Waals surface area contributed by atoms with Gasteiger partial charge in [0.05, 0.1) is 0 Å². The summed E-state index contributed by atoms with van der Waals surface area (Å²) in [6.45, 7) is 6.94. The molecule has 4 saturated carbocycles. The second-order valence-corrected chi connectivity index (χ2v) is 10.4. The summed E-state index contributed by atoms with van der Waals surface area (Å²) in [6, 6.07) is 6.49. The molecule has 4 fully saturated rings. The first-order valence-electron chi connectivity index (χ1n) is 10.8. The molecular weight excluding hydrogens is 304 g/mol. The van der Waals surface area contributed by atoms with Crippen LogP contribution >= 0.6 is 0 Å². The van der Waals surface area contributed by atoms with Crippen molar-refractivity contribution in [3.8, 4) is 5.75 Å². The highest BCUT2D eigenvalue weighted by atomic mass is 16.3. The van der Waals surface area contributed by atoms with Crippen LogP contribution in [0.1, 0.15) is 88.7 Å². The maximum absolute atomic E-state index is 10.2. The van der Waals surface area contributed by atoms with Crippen molar-refractivity contribution < 1.29 is 5.11 Å². The molecule has 7 unspecified atom stereocenters. The van der Waals surface area contributed by atoms with Crippen LogP contribution in [0.3, 0.4) is 0 Å². The summed E-state index contributed by atoms with van der Waals surface area (Å²) in [7, 11) is 0. The SMILES string of the molecule is CC(C)c1cc(C2CC3CC2CC3C23CCC(CC2C)C3)ccc1O. The summed E-state index contributed by atoms with van der Waals surface area (Å²) >= 11 is 0. The van der Waals surface area contributed by atoms with Gasteiger partial charge in [-0.05, 0) is 109 Å². The number of aromatic hydroxyl groups is 1. The second-order valence-electron chi connectivity index (χ2n) is 10.4. The van der Waals surface area contributed by atoms with Gasteiger partial charge in [0.15, 0.2) is 0 Å². The van der Waals surface area contributed by atoms with E-state index >= 15 is 0 Å². The largest absolute Gasteiger partial charge is 0.508 e. The lowest BCUT2D eigenvalue weighted by molar-refractivity contribution is 0.0580. The van der Waals surface area contributed by atoms with E-state index in [1.807, 2.05) is 6.07 Å². The van der Waals surface area contributed by atoms with Crippen LogP contribution < -0.4 is 0 Å². The lowest BCUT2D eigenvalue weighted by Crippen LogP contribution is -2.36. The molecule has 0 aromatic heterocycles. The highest BCUT2D eigenvalue weighted by Crippen LogP contribution is 2.69. The Labute approximate surface area is 153 Å². The van der Waals surface area contributed by atoms with Crippen LogP contribution in [-0.4, -0.2) is 5.11 Å². The number of fused-ring (bicyclic) bond motifs is 4. The van der Waals surface area contributed by atoms with Gasteiger partial charge in [0.2, 0.25) is 0 Å². The minimum absolute atomic E-state index is 0.403. The van der Waals surface area contributed by atoms with E-state index in [9.17, 15) is 5.11 Å². The third kappa shape index (κ3) is 2.26. The van der Waals surface area contributed by atoms with Gasteiger partial charge in [0.1, 0.15) is 5.75 Å². The zero-order valence-electron chi connectivity index (χ0n) is 16.2. The number of phenolic OH excluding ortho intramolecular Hbond substituents is 1. The van der Waals surface area contributed by atoms with E-state index in [4.69, 9.17) is 0 Å². The molecule has 0 heterocycles. The molecule has 1 aromatic carbocycles. The lowest BCUT2D eigenvalue weighted by Gasteiger charge is -2.44. The quantitative estimate of drug-likeness (QED) is 0.669. The first-order valence-corrected chi connectivity index (χ1v) is 10.8. The summed E-state index contributed by atoms with van der Waals surface area (Å²) in [6.07, 6.45) is 10.5. The Bertz CT molecular complexity index is 677. The van der Waals surface area contributed by atoms with Gasteiger partial charge in [-0.25, -0.2) is 0 Å². The van der Waals surface area contributed by atoms with E-state index in [2.05, 4.69) is 32.9 Å². The monoisotopic (exact) mass is 338 g/mol. The summed E-state index contributed by atoms with van der Waals surface area (Å²) < 4.78 is 0. The molecule has 0 saturated heterocycles. The van der Waals surface area contributed by atoms with Gasteiger partial charge in [-0.3, -0.25) is 0 Å². The van der Waals surface area contributed by atoms with Crippen LogP contribution in [0.5, 0.6) is 5.75 Å². The lowest BCUT2D eigenvalue weighted by atomic mass is 9.61. The zero-order chi connectivity index (χ0) is 17.3. The molecule has 0 spiro atoms. The van der Waals surface area contributed by atoms with Crippen LogP contribution in [0.4, 0.5) is 0 Å². The second kappa shape index (κ2) is 5.51. The van der Waals surface area contributed by atoms with E-state index < -0.39 is 0 Å². The molecule has 5 rings (SSSR count). The standard InChI is InChI=1S/C24H34O/c1-14(2)20-10-17(4-5-23(20)25)21-11-19-9-18(21)12-22(19)24-7-6-16(13-24)8-15(24)3/h4-5,10,14-16,18-19,21-22,25H,6-9,11-13H2,1-3H3. The van der Waals surface area contributed by atoms with Crippen LogP contribution in [0, 0.1) is 35.0 Å². The molecule has 4 aliphatic carbocycles. The Hall–Kier alpha value is -0.980. The Morgan fingerprint density at radius 1 is 1.08 bits per heavy atom. The van der Waals surface area contributed by atoms with E-state index in [1.165, 1.54) is 44.1 Å². The molecule has 136 valence electrons. The van der Waals surface area contributed by atoms with Crippen LogP contribution in [-0.2, 0) is 0 Å². The number of hydrogen-bond donors (Lipinski definition) is 1. The molecule has 0 aliphatic heterocycles.